The molecule has 0 spiro atoms. The lowest BCUT2D eigenvalue weighted by atomic mass is 10.0. The third-order valence-electron chi connectivity index (χ3n) is 12.3. The number of unbranched alkanes of at least 4 members (excludes halogenated alkanes) is 34. The Hall–Kier alpha value is -1.40. The zero-order valence-electron chi connectivity index (χ0n) is 39.9. The molecule has 6 heteroatoms. The van der Waals surface area contributed by atoms with Crippen molar-refractivity contribution in [1.29, 1.82) is 0 Å². The molecule has 3 atom stereocenters. The maximum Gasteiger partial charge on any atom is 0.306 e. The molecule has 0 fully saturated rings. The van der Waals surface area contributed by atoms with E-state index in [1.165, 1.54) is 186 Å². The minimum absolute atomic E-state index is 0.0813. The van der Waals surface area contributed by atoms with Crippen LogP contribution in [0.15, 0.2) is 12.2 Å². The predicted molar refractivity (Wildman–Crippen MR) is 255 cm³/mol. The van der Waals surface area contributed by atoms with Crippen LogP contribution >= 0.6 is 0 Å². The van der Waals surface area contributed by atoms with E-state index in [4.69, 9.17) is 4.74 Å². The van der Waals surface area contributed by atoms with Gasteiger partial charge in [-0.2, -0.15) is 0 Å². The number of amides is 1. The summed E-state index contributed by atoms with van der Waals surface area (Å²) < 4.78 is 5.92. The van der Waals surface area contributed by atoms with Crippen LogP contribution < -0.4 is 5.32 Å². The van der Waals surface area contributed by atoms with Crippen LogP contribution in [0.4, 0.5) is 0 Å². The Balaban J connectivity index is 4.47. The minimum Gasteiger partial charge on any atom is -0.462 e. The SMILES string of the molecule is CCC/C=C\CCCCCCCC(=O)OC(CCCCCCCCCCCCCCCC)CC(=O)NC(CO)C(O)CCCCCCCCCCCCCCCCCC. The van der Waals surface area contributed by atoms with E-state index < -0.39 is 18.2 Å². The molecule has 0 saturated carbocycles. The molecule has 350 valence electrons. The van der Waals surface area contributed by atoms with E-state index in [0.29, 0.717) is 19.3 Å². The number of nitrogens with one attached hydrogen (secondary N) is 1. The van der Waals surface area contributed by atoms with Gasteiger partial charge in [-0.25, -0.2) is 0 Å². The molecule has 3 N–H and O–H groups in total. The number of esters is 1. The average Bonchev–Trinajstić information content (AvgIpc) is 3.23. The maximum atomic E-state index is 13.2. The number of carbonyl (C=O) groups excluding carboxylic acids is 2. The van der Waals surface area contributed by atoms with E-state index in [1.54, 1.807) is 0 Å². The van der Waals surface area contributed by atoms with Crippen molar-refractivity contribution in [3.8, 4) is 0 Å². The van der Waals surface area contributed by atoms with Gasteiger partial charge in [0, 0.05) is 6.42 Å². The van der Waals surface area contributed by atoms with Crippen LogP contribution in [0.5, 0.6) is 0 Å². The van der Waals surface area contributed by atoms with Crippen molar-refractivity contribution in [2.75, 3.05) is 6.61 Å². The summed E-state index contributed by atoms with van der Waals surface area (Å²) in [6, 6.07) is -0.696. The van der Waals surface area contributed by atoms with Crippen molar-refractivity contribution in [3.63, 3.8) is 0 Å². The fourth-order valence-corrected chi connectivity index (χ4v) is 8.32. The fourth-order valence-electron chi connectivity index (χ4n) is 8.32. The van der Waals surface area contributed by atoms with Crippen LogP contribution in [-0.4, -0.2) is 46.9 Å². The van der Waals surface area contributed by atoms with E-state index in [0.717, 1.165) is 57.8 Å². The molecule has 3 unspecified atom stereocenters. The number of rotatable bonds is 48. The molecule has 6 nitrogen and oxygen atoms in total. The van der Waals surface area contributed by atoms with E-state index in [9.17, 15) is 19.8 Å². The number of aliphatic hydroxyl groups is 2. The monoisotopic (exact) mass is 834 g/mol. The molecule has 0 aromatic rings. The fraction of sp³-hybridized carbons (Fsp3) is 0.925. The molecule has 0 saturated heterocycles. The molecular weight excluding hydrogens is 731 g/mol. The van der Waals surface area contributed by atoms with Crippen molar-refractivity contribution in [2.24, 2.45) is 0 Å². The van der Waals surface area contributed by atoms with Crippen molar-refractivity contribution < 1.29 is 24.5 Å². The highest BCUT2D eigenvalue weighted by atomic mass is 16.5. The van der Waals surface area contributed by atoms with Gasteiger partial charge in [0.1, 0.15) is 6.10 Å². The summed E-state index contributed by atoms with van der Waals surface area (Å²) in [6.07, 6.45) is 52.7. The Morgan fingerprint density at radius 2 is 0.847 bits per heavy atom. The lowest BCUT2D eigenvalue weighted by molar-refractivity contribution is -0.151. The van der Waals surface area contributed by atoms with Gasteiger partial charge in [-0.3, -0.25) is 9.59 Å². The third kappa shape index (κ3) is 43.1. The summed E-state index contributed by atoms with van der Waals surface area (Å²) in [5, 5.41) is 23.8. The summed E-state index contributed by atoms with van der Waals surface area (Å²) in [5.41, 5.74) is 0. The topological polar surface area (TPSA) is 95.9 Å². The van der Waals surface area contributed by atoms with Crippen molar-refractivity contribution in [3.05, 3.63) is 12.2 Å². The maximum absolute atomic E-state index is 13.2. The minimum atomic E-state index is -0.783. The third-order valence-corrected chi connectivity index (χ3v) is 12.3. The Morgan fingerprint density at radius 3 is 1.27 bits per heavy atom. The van der Waals surface area contributed by atoms with Crippen molar-refractivity contribution in [1.82, 2.24) is 5.32 Å². The highest BCUT2D eigenvalue weighted by molar-refractivity contribution is 5.77. The number of hydrogen-bond acceptors (Lipinski definition) is 5. The first-order valence-corrected chi connectivity index (χ1v) is 26.4. The highest BCUT2D eigenvalue weighted by Crippen LogP contribution is 2.19. The van der Waals surface area contributed by atoms with Gasteiger partial charge in [0.2, 0.25) is 5.91 Å². The summed E-state index contributed by atoms with van der Waals surface area (Å²) in [6.45, 7) is 6.45. The summed E-state index contributed by atoms with van der Waals surface area (Å²) in [4.78, 5) is 26.1. The number of ether oxygens (including phenoxy) is 1. The molecular formula is C53H103NO5. The predicted octanol–water partition coefficient (Wildman–Crippen LogP) is 15.7. The molecule has 0 aromatic heterocycles. The summed E-state index contributed by atoms with van der Waals surface area (Å²) in [7, 11) is 0. The molecule has 0 radical (unpaired) electrons. The molecule has 0 aliphatic heterocycles. The van der Waals surface area contributed by atoms with E-state index >= 15 is 0 Å². The Bertz CT molecular complexity index is 893. The number of aliphatic hydroxyl groups excluding tert-OH is 2. The van der Waals surface area contributed by atoms with Crippen LogP contribution in [0.3, 0.4) is 0 Å². The first kappa shape index (κ1) is 57.6. The van der Waals surface area contributed by atoms with Gasteiger partial charge in [-0.05, 0) is 44.9 Å². The van der Waals surface area contributed by atoms with Crippen LogP contribution in [0.2, 0.25) is 0 Å². The number of allylic oxidation sites excluding steroid dienone is 2. The van der Waals surface area contributed by atoms with Crippen molar-refractivity contribution in [2.45, 2.75) is 309 Å². The van der Waals surface area contributed by atoms with Gasteiger partial charge >= 0.3 is 5.97 Å². The number of hydrogen-bond donors (Lipinski definition) is 3. The van der Waals surface area contributed by atoms with Gasteiger partial charge in [-0.15, -0.1) is 0 Å². The normalized spacial score (nSPS) is 13.2. The Labute approximate surface area is 368 Å². The summed E-state index contributed by atoms with van der Waals surface area (Å²) in [5.74, 6) is -0.468. The molecule has 0 aliphatic carbocycles. The van der Waals surface area contributed by atoms with Crippen LogP contribution in [0, 0.1) is 0 Å². The zero-order chi connectivity index (χ0) is 43.1. The molecule has 0 aliphatic rings. The molecule has 0 aromatic carbocycles. The lowest BCUT2D eigenvalue weighted by Crippen LogP contribution is -2.46. The quantitative estimate of drug-likeness (QED) is 0.0322. The zero-order valence-corrected chi connectivity index (χ0v) is 39.9. The van der Waals surface area contributed by atoms with Gasteiger partial charge in [0.15, 0.2) is 0 Å². The molecule has 59 heavy (non-hydrogen) atoms. The Morgan fingerprint density at radius 1 is 0.475 bits per heavy atom. The van der Waals surface area contributed by atoms with Crippen LogP contribution in [-0.2, 0) is 14.3 Å². The molecule has 1 amide bonds. The average molecular weight is 834 g/mol. The van der Waals surface area contributed by atoms with Gasteiger partial charge in [0.25, 0.3) is 0 Å². The highest BCUT2D eigenvalue weighted by Gasteiger charge is 2.24. The number of carbonyl (C=O) groups is 2. The standard InChI is InChI=1S/C53H103NO5/c1-4-7-10-13-16-19-22-24-26-27-29-31-33-36-39-42-45-51(56)50(48-55)54-52(57)47-49(59-53(58)46-43-40-37-34-21-18-15-12-9-6-3)44-41-38-35-32-30-28-25-23-20-17-14-11-8-5-2/h12,15,49-51,55-56H,4-11,13-14,16-48H2,1-3H3,(H,54,57)/b15-12-. The summed E-state index contributed by atoms with van der Waals surface area (Å²) >= 11 is 0. The van der Waals surface area contributed by atoms with Gasteiger partial charge < -0.3 is 20.3 Å². The molecule has 0 bridgehead atoms. The first-order valence-electron chi connectivity index (χ1n) is 26.4. The molecule has 0 heterocycles. The first-order chi connectivity index (χ1) is 29.0. The van der Waals surface area contributed by atoms with E-state index in [2.05, 4.69) is 38.2 Å². The van der Waals surface area contributed by atoms with Crippen molar-refractivity contribution >= 4 is 11.9 Å². The second-order valence-corrected chi connectivity index (χ2v) is 18.3. The van der Waals surface area contributed by atoms with E-state index in [1.807, 2.05) is 0 Å². The largest absolute Gasteiger partial charge is 0.462 e. The van der Waals surface area contributed by atoms with Crippen LogP contribution in [0.25, 0.3) is 0 Å². The second kappa shape index (κ2) is 47.6. The Kier molecular flexibility index (Phi) is 46.5. The van der Waals surface area contributed by atoms with Gasteiger partial charge in [0.05, 0.1) is 25.2 Å². The van der Waals surface area contributed by atoms with Crippen LogP contribution in [0.1, 0.15) is 290 Å². The van der Waals surface area contributed by atoms with E-state index in [-0.39, 0.29) is 24.9 Å². The second-order valence-electron chi connectivity index (χ2n) is 18.3. The lowest BCUT2D eigenvalue weighted by Gasteiger charge is -2.24. The molecule has 0 rings (SSSR count). The smallest absolute Gasteiger partial charge is 0.306 e. The van der Waals surface area contributed by atoms with Gasteiger partial charge in [-0.1, -0.05) is 245 Å².